The Labute approximate surface area is 118 Å². The second-order valence-electron chi connectivity index (χ2n) is 4.12. The van der Waals surface area contributed by atoms with Crippen LogP contribution in [0.3, 0.4) is 0 Å². The van der Waals surface area contributed by atoms with E-state index in [-0.39, 0.29) is 12.0 Å². The van der Waals surface area contributed by atoms with E-state index in [1.807, 2.05) is 0 Å². The monoisotopic (exact) mass is 336 g/mol. The molecule has 6 heteroatoms. The fourth-order valence-corrected chi connectivity index (χ4v) is 2.24. The average Bonchev–Trinajstić information content (AvgIpc) is 2.38. The van der Waals surface area contributed by atoms with Crippen LogP contribution in [0.15, 0.2) is 28.7 Å². The third-order valence-corrected chi connectivity index (χ3v) is 3.63. The molecule has 0 saturated heterocycles. The molecule has 0 radical (unpaired) electrons. The molecule has 3 nitrogen and oxygen atoms in total. The second kappa shape index (κ2) is 6.43. The van der Waals surface area contributed by atoms with E-state index < -0.39 is 23.9 Å². The lowest BCUT2D eigenvalue weighted by Crippen LogP contribution is -2.44. The van der Waals surface area contributed by atoms with Gasteiger partial charge in [0.25, 0.3) is 6.43 Å². The molecule has 0 spiro atoms. The van der Waals surface area contributed by atoms with Crippen molar-refractivity contribution in [2.24, 2.45) is 5.92 Å². The lowest BCUT2D eigenvalue weighted by Gasteiger charge is -2.33. The number of hydrogen-bond donors (Lipinski definition) is 1. The molecule has 0 bridgehead atoms. The van der Waals surface area contributed by atoms with Crippen LogP contribution in [0.25, 0.3) is 0 Å². The van der Waals surface area contributed by atoms with Crippen LogP contribution in [0.1, 0.15) is 18.9 Å². The van der Waals surface area contributed by atoms with E-state index in [9.17, 15) is 18.7 Å². The number of hydrogen-bond acceptors (Lipinski definition) is 3. The quantitative estimate of drug-likeness (QED) is 0.840. The highest BCUT2D eigenvalue weighted by Gasteiger charge is 2.48. The number of alkyl halides is 2. The number of methoxy groups -OCH3 is 1. The summed E-state index contributed by atoms with van der Waals surface area (Å²) >= 11 is 3.22. The molecule has 1 aromatic rings. The van der Waals surface area contributed by atoms with Gasteiger partial charge in [0.1, 0.15) is 5.60 Å². The number of benzene rings is 1. The third kappa shape index (κ3) is 3.30. The summed E-state index contributed by atoms with van der Waals surface area (Å²) in [6, 6.07) is 6.25. The van der Waals surface area contributed by atoms with E-state index in [0.717, 1.165) is 11.6 Å². The van der Waals surface area contributed by atoms with Crippen LogP contribution in [-0.2, 0) is 15.1 Å². The second-order valence-corrected chi connectivity index (χ2v) is 5.04. The fraction of sp³-hybridized carbons (Fsp3) is 0.462. The minimum atomic E-state index is -3.01. The summed E-state index contributed by atoms with van der Waals surface area (Å²) in [5.74, 6) is -3.04. The van der Waals surface area contributed by atoms with Crippen LogP contribution >= 0.6 is 15.9 Å². The largest absolute Gasteiger partial charge is 0.469 e. The Kier molecular flexibility index (Phi) is 5.43. The van der Waals surface area contributed by atoms with Crippen molar-refractivity contribution in [3.8, 4) is 0 Å². The van der Waals surface area contributed by atoms with Gasteiger partial charge in [-0.2, -0.15) is 0 Å². The highest BCUT2D eigenvalue weighted by Crippen LogP contribution is 2.38. The minimum Gasteiger partial charge on any atom is -0.469 e. The molecule has 106 valence electrons. The van der Waals surface area contributed by atoms with Gasteiger partial charge in [-0.05, 0) is 24.1 Å². The topological polar surface area (TPSA) is 46.5 Å². The summed E-state index contributed by atoms with van der Waals surface area (Å²) in [5, 5.41) is 10.5. The van der Waals surface area contributed by atoms with Gasteiger partial charge in [-0.1, -0.05) is 35.0 Å². The van der Waals surface area contributed by atoms with E-state index in [4.69, 9.17) is 0 Å². The normalized spacial score (nSPS) is 15.9. The number of carbonyl (C=O) groups is 1. The van der Waals surface area contributed by atoms with Gasteiger partial charge in [0.15, 0.2) is 5.92 Å². The predicted molar refractivity (Wildman–Crippen MR) is 69.8 cm³/mol. The molecule has 2 atom stereocenters. The number of aliphatic hydroxyl groups is 1. The molecule has 0 saturated carbocycles. The van der Waals surface area contributed by atoms with Gasteiger partial charge in [-0.25, -0.2) is 8.78 Å². The van der Waals surface area contributed by atoms with Crippen LogP contribution in [0.4, 0.5) is 8.78 Å². The van der Waals surface area contributed by atoms with Gasteiger partial charge >= 0.3 is 5.97 Å². The molecule has 0 heterocycles. The van der Waals surface area contributed by atoms with Gasteiger partial charge < -0.3 is 9.84 Å². The van der Waals surface area contributed by atoms with Crippen molar-refractivity contribution in [2.45, 2.75) is 25.4 Å². The minimum absolute atomic E-state index is 0.0290. The van der Waals surface area contributed by atoms with Crippen LogP contribution in [0.2, 0.25) is 0 Å². The van der Waals surface area contributed by atoms with Gasteiger partial charge in [0.05, 0.1) is 7.11 Å². The van der Waals surface area contributed by atoms with Crippen molar-refractivity contribution in [1.29, 1.82) is 0 Å². The van der Waals surface area contributed by atoms with Crippen LogP contribution in [0.5, 0.6) is 0 Å². The molecular formula is C13H15BrF2O3. The van der Waals surface area contributed by atoms with Crippen molar-refractivity contribution in [1.82, 2.24) is 0 Å². The Balaban J connectivity index is 3.26. The van der Waals surface area contributed by atoms with Crippen molar-refractivity contribution in [3.63, 3.8) is 0 Å². The van der Waals surface area contributed by atoms with Gasteiger partial charge in [-0.15, -0.1) is 0 Å². The highest BCUT2D eigenvalue weighted by atomic mass is 79.9. The lowest BCUT2D eigenvalue weighted by molar-refractivity contribution is -0.170. The van der Waals surface area contributed by atoms with E-state index in [1.165, 1.54) is 12.1 Å². The summed E-state index contributed by atoms with van der Waals surface area (Å²) in [5.41, 5.74) is -1.70. The van der Waals surface area contributed by atoms with E-state index in [2.05, 4.69) is 20.7 Å². The number of halogens is 3. The van der Waals surface area contributed by atoms with Gasteiger partial charge in [0, 0.05) is 4.47 Å². The standard InChI is InChI=1S/C13H15BrF2O3/c1-3-13(18,8-4-6-9(14)7-5-8)10(11(15)16)12(17)19-2/h4-7,10-11,18H,3H2,1-2H3. The maximum Gasteiger partial charge on any atom is 0.317 e. The van der Waals surface area contributed by atoms with Crippen molar-refractivity contribution >= 4 is 21.9 Å². The summed E-state index contributed by atoms with van der Waals surface area (Å²) in [4.78, 5) is 11.5. The Bertz CT molecular complexity index is 436. The molecule has 0 amide bonds. The van der Waals surface area contributed by atoms with Gasteiger partial charge in [-0.3, -0.25) is 4.79 Å². The van der Waals surface area contributed by atoms with Crippen molar-refractivity contribution in [2.75, 3.05) is 7.11 Å². The molecule has 19 heavy (non-hydrogen) atoms. The summed E-state index contributed by atoms with van der Waals surface area (Å²) in [7, 11) is 1.02. The van der Waals surface area contributed by atoms with Crippen molar-refractivity contribution in [3.05, 3.63) is 34.3 Å². The van der Waals surface area contributed by atoms with Crippen LogP contribution < -0.4 is 0 Å². The van der Waals surface area contributed by atoms with Crippen molar-refractivity contribution < 1.29 is 23.4 Å². The Morgan fingerprint density at radius 3 is 2.32 bits per heavy atom. The first-order valence-electron chi connectivity index (χ1n) is 5.71. The lowest BCUT2D eigenvalue weighted by atomic mass is 9.79. The number of rotatable bonds is 5. The Morgan fingerprint density at radius 2 is 1.95 bits per heavy atom. The van der Waals surface area contributed by atoms with E-state index in [0.29, 0.717) is 0 Å². The zero-order valence-corrected chi connectivity index (χ0v) is 12.2. The Morgan fingerprint density at radius 1 is 1.42 bits per heavy atom. The van der Waals surface area contributed by atoms with Gasteiger partial charge in [0.2, 0.25) is 0 Å². The fourth-order valence-electron chi connectivity index (χ4n) is 1.98. The molecule has 1 aromatic carbocycles. The number of esters is 1. The first-order chi connectivity index (χ1) is 8.86. The molecule has 0 aliphatic rings. The van der Waals surface area contributed by atoms with E-state index >= 15 is 0 Å². The van der Waals surface area contributed by atoms with E-state index in [1.54, 1.807) is 19.1 Å². The highest BCUT2D eigenvalue weighted by molar-refractivity contribution is 9.10. The summed E-state index contributed by atoms with van der Waals surface area (Å²) in [6.45, 7) is 1.54. The molecule has 0 aliphatic heterocycles. The average molecular weight is 337 g/mol. The molecular weight excluding hydrogens is 322 g/mol. The summed E-state index contributed by atoms with van der Waals surface area (Å²) < 4.78 is 31.4. The molecule has 0 aliphatic carbocycles. The zero-order valence-electron chi connectivity index (χ0n) is 10.6. The first kappa shape index (κ1) is 16.0. The summed E-state index contributed by atoms with van der Waals surface area (Å²) in [6.07, 6.45) is -3.04. The first-order valence-corrected chi connectivity index (χ1v) is 6.50. The SMILES string of the molecule is CCC(O)(c1ccc(Br)cc1)C(C(=O)OC)C(F)F. The molecule has 1 rings (SSSR count). The maximum atomic E-state index is 13.1. The van der Waals surface area contributed by atoms with Crippen LogP contribution in [0, 0.1) is 5.92 Å². The smallest absolute Gasteiger partial charge is 0.317 e. The molecule has 2 unspecified atom stereocenters. The zero-order chi connectivity index (χ0) is 14.6. The predicted octanol–water partition coefficient (Wildman–Crippen LogP) is 3.10. The Hall–Kier alpha value is -1.01. The number of ether oxygens (including phenoxy) is 1. The maximum absolute atomic E-state index is 13.1. The molecule has 0 aromatic heterocycles. The molecule has 0 fully saturated rings. The third-order valence-electron chi connectivity index (χ3n) is 3.10. The molecule has 1 N–H and O–H groups in total. The van der Waals surface area contributed by atoms with Crippen LogP contribution in [-0.4, -0.2) is 24.6 Å². The number of carbonyl (C=O) groups excluding carboxylic acids is 1.